The van der Waals surface area contributed by atoms with Crippen LogP contribution in [0.1, 0.15) is 5.56 Å². The molecule has 4 aromatic rings. The molecule has 158 valence electrons. The first kappa shape index (κ1) is 20.9. The highest BCUT2D eigenvalue weighted by Gasteiger charge is 2.16. The zero-order valence-electron chi connectivity index (χ0n) is 16.8. The quantitative estimate of drug-likeness (QED) is 0.352. The molecule has 3 N–H and O–H groups in total. The van der Waals surface area contributed by atoms with Gasteiger partial charge in [-0.2, -0.15) is 5.10 Å². The Bertz CT molecular complexity index is 1260. The van der Waals surface area contributed by atoms with Gasteiger partial charge in [0.15, 0.2) is 0 Å². The van der Waals surface area contributed by atoms with E-state index in [9.17, 15) is 8.42 Å². The van der Waals surface area contributed by atoms with Crippen LogP contribution in [-0.2, 0) is 10.0 Å². The number of hydrogen-bond acceptors (Lipinski definition) is 5. The van der Waals surface area contributed by atoms with Gasteiger partial charge in [-0.15, -0.1) is 0 Å². The predicted octanol–water partition coefficient (Wildman–Crippen LogP) is 3.21. The molecule has 0 unspecified atom stereocenters. The van der Waals surface area contributed by atoms with Crippen LogP contribution < -0.4 is 10.0 Å². The average Bonchev–Trinajstić information content (AvgIpc) is 3.33. The van der Waals surface area contributed by atoms with Crippen molar-refractivity contribution in [1.29, 1.82) is 0 Å². The zero-order chi connectivity index (χ0) is 21.5. The Balaban J connectivity index is 1.24. The summed E-state index contributed by atoms with van der Waals surface area (Å²) in [6.07, 6.45) is 11.0. The molecule has 8 heteroatoms. The van der Waals surface area contributed by atoms with Crippen molar-refractivity contribution in [3.8, 4) is 11.1 Å². The van der Waals surface area contributed by atoms with Crippen LogP contribution in [0.5, 0.6) is 0 Å². The Morgan fingerprint density at radius 2 is 1.84 bits per heavy atom. The first-order chi connectivity index (χ1) is 15.1. The van der Waals surface area contributed by atoms with Crippen LogP contribution in [0.3, 0.4) is 0 Å². The standard InChI is InChI=1S/C23H23N5O2S/c29-31(30,23-5-1-4-20-15-25-12-10-22(20)23)28-14-13-24-11-2-3-18-6-8-19(9-7-18)21-16-26-27-17-21/h1-10,12,15-17,24,28H,11,13-14H2,(H,26,27)/b3-2+. The summed E-state index contributed by atoms with van der Waals surface area (Å²) in [4.78, 5) is 4.31. The average molecular weight is 434 g/mol. The second-order valence-corrected chi connectivity index (χ2v) is 8.70. The van der Waals surface area contributed by atoms with E-state index in [1.807, 2.05) is 36.5 Å². The molecule has 0 aliphatic rings. The molecular weight excluding hydrogens is 410 g/mol. The fourth-order valence-electron chi connectivity index (χ4n) is 3.25. The lowest BCUT2D eigenvalue weighted by atomic mass is 10.1. The van der Waals surface area contributed by atoms with Gasteiger partial charge >= 0.3 is 0 Å². The van der Waals surface area contributed by atoms with Crippen molar-refractivity contribution in [1.82, 2.24) is 25.2 Å². The fraction of sp³-hybridized carbons (Fsp3) is 0.130. The Kier molecular flexibility index (Phi) is 6.51. The minimum absolute atomic E-state index is 0.270. The summed E-state index contributed by atoms with van der Waals surface area (Å²) in [5, 5.41) is 11.4. The third kappa shape index (κ3) is 5.24. The highest BCUT2D eigenvalue weighted by atomic mass is 32.2. The molecule has 0 radical (unpaired) electrons. The molecule has 0 saturated heterocycles. The van der Waals surface area contributed by atoms with Crippen LogP contribution in [0.4, 0.5) is 0 Å². The van der Waals surface area contributed by atoms with Gasteiger partial charge in [0.05, 0.1) is 11.1 Å². The number of aromatic nitrogens is 3. The molecule has 0 atom stereocenters. The molecule has 0 fully saturated rings. The van der Waals surface area contributed by atoms with Gasteiger partial charge in [-0.1, -0.05) is 48.6 Å². The highest BCUT2D eigenvalue weighted by Crippen LogP contribution is 2.21. The van der Waals surface area contributed by atoms with E-state index in [1.54, 1.807) is 36.8 Å². The summed E-state index contributed by atoms with van der Waals surface area (Å²) < 4.78 is 28.0. The van der Waals surface area contributed by atoms with Gasteiger partial charge < -0.3 is 5.32 Å². The van der Waals surface area contributed by atoms with Crippen molar-refractivity contribution in [2.45, 2.75) is 4.90 Å². The van der Waals surface area contributed by atoms with Gasteiger partial charge in [-0.05, 0) is 23.3 Å². The van der Waals surface area contributed by atoms with Crippen LogP contribution in [0.2, 0.25) is 0 Å². The number of pyridine rings is 1. The van der Waals surface area contributed by atoms with Crippen LogP contribution in [0.15, 0.2) is 84.3 Å². The summed E-state index contributed by atoms with van der Waals surface area (Å²) >= 11 is 0. The monoisotopic (exact) mass is 433 g/mol. The summed E-state index contributed by atoms with van der Waals surface area (Å²) in [5.41, 5.74) is 3.26. The number of nitrogens with zero attached hydrogens (tertiary/aromatic N) is 2. The Morgan fingerprint density at radius 1 is 0.968 bits per heavy atom. The number of nitrogens with one attached hydrogen (secondary N) is 3. The predicted molar refractivity (Wildman–Crippen MR) is 123 cm³/mol. The van der Waals surface area contributed by atoms with Crippen LogP contribution in [0, 0.1) is 0 Å². The smallest absolute Gasteiger partial charge is 0.241 e. The highest BCUT2D eigenvalue weighted by molar-refractivity contribution is 7.89. The topological polar surface area (TPSA) is 99.8 Å². The molecule has 0 aliphatic carbocycles. The molecule has 0 spiro atoms. The van der Waals surface area contributed by atoms with E-state index in [1.165, 1.54) is 0 Å². The van der Waals surface area contributed by atoms with Crippen molar-refractivity contribution in [3.05, 3.63) is 85.0 Å². The lowest BCUT2D eigenvalue weighted by molar-refractivity contribution is 0.579. The molecule has 2 aromatic carbocycles. The number of rotatable bonds is 9. The molecule has 31 heavy (non-hydrogen) atoms. The number of aromatic amines is 1. The van der Waals surface area contributed by atoms with E-state index in [0.29, 0.717) is 25.0 Å². The maximum absolute atomic E-state index is 12.7. The number of benzene rings is 2. The maximum atomic E-state index is 12.7. The maximum Gasteiger partial charge on any atom is 0.241 e. The van der Waals surface area contributed by atoms with Crippen molar-refractivity contribution < 1.29 is 8.42 Å². The van der Waals surface area contributed by atoms with E-state index in [4.69, 9.17) is 0 Å². The van der Waals surface area contributed by atoms with Crippen molar-refractivity contribution in [2.75, 3.05) is 19.6 Å². The van der Waals surface area contributed by atoms with Crippen LogP contribution in [-0.4, -0.2) is 43.2 Å². The first-order valence-electron chi connectivity index (χ1n) is 9.92. The number of fused-ring (bicyclic) bond motifs is 1. The lowest BCUT2D eigenvalue weighted by Gasteiger charge is -2.09. The molecule has 0 amide bonds. The first-order valence-corrected chi connectivity index (χ1v) is 11.4. The van der Waals surface area contributed by atoms with Crippen LogP contribution >= 0.6 is 0 Å². The minimum Gasteiger partial charge on any atom is -0.312 e. The third-order valence-electron chi connectivity index (χ3n) is 4.84. The summed E-state index contributed by atoms with van der Waals surface area (Å²) in [7, 11) is -3.59. The fourth-order valence-corrected chi connectivity index (χ4v) is 4.51. The second-order valence-electron chi connectivity index (χ2n) is 6.97. The third-order valence-corrected chi connectivity index (χ3v) is 6.36. The van der Waals surface area contributed by atoms with E-state index in [2.05, 4.69) is 37.4 Å². The molecule has 2 heterocycles. The lowest BCUT2D eigenvalue weighted by Crippen LogP contribution is -2.32. The Labute approximate surface area is 181 Å². The van der Waals surface area contributed by atoms with E-state index in [0.717, 1.165) is 22.1 Å². The number of hydrogen-bond donors (Lipinski definition) is 3. The van der Waals surface area contributed by atoms with E-state index >= 15 is 0 Å². The summed E-state index contributed by atoms with van der Waals surface area (Å²) in [6.45, 7) is 1.47. The molecule has 0 saturated carbocycles. The van der Waals surface area contributed by atoms with E-state index < -0.39 is 10.0 Å². The summed E-state index contributed by atoms with van der Waals surface area (Å²) in [6, 6.07) is 15.1. The minimum atomic E-state index is -3.59. The van der Waals surface area contributed by atoms with Crippen molar-refractivity contribution in [3.63, 3.8) is 0 Å². The zero-order valence-corrected chi connectivity index (χ0v) is 17.6. The van der Waals surface area contributed by atoms with Gasteiger partial charge in [0, 0.05) is 54.6 Å². The SMILES string of the molecule is O=S(=O)(NCCNC/C=C/c1ccc(-c2cn[nH]c2)cc1)c1cccc2cnccc12. The molecule has 0 aliphatic heterocycles. The van der Waals surface area contributed by atoms with Crippen molar-refractivity contribution >= 4 is 26.9 Å². The van der Waals surface area contributed by atoms with E-state index in [-0.39, 0.29) is 4.90 Å². The van der Waals surface area contributed by atoms with Gasteiger partial charge in [0.2, 0.25) is 10.0 Å². The molecule has 0 bridgehead atoms. The normalized spacial score (nSPS) is 12.0. The molecular formula is C23H23N5O2S. The number of H-pyrrole nitrogens is 1. The Hall–Kier alpha value is -3.33. The molecule has 7 nitrogen and oxygen atoms in total. The van der Waals surface area contributed by atoms with Crippen molar-refractivity contribution in [2.24, 2.45) is 0 Å². The summed E-state index contributed by atoms with van der Waals surface area (Å²) in [5.74, 6) is 0. The molecule has 2 aromatic heterocycles. The van der Waals surface area contributed by atoms with Gasteiger partial charge in [-0.25, -0.2) is 13.1 Å². The van der Waals surface area contributed by atoms with Gasteiger partial charge in [0.1, 0.15) is 0 Å². The number of sulfonamides is 1. The largest absolute Gasteiger partial charge is 0.312 e. The Morgan fingerprint density at radius 3 is 2.65 bits per heavy atom. The van der Waals surface area contributed by atoms with Gasteiger partial charge in [-0.3, -0.25) is 10.1 Å². The van der Waals surface area contributed by atoms with Crippen LogP contribution in [0.25, 0.3) is 28.0 Å². The van der Waals surface area contributed by atoms with Gasteiger partial charge in [0.25, 0.3) is 0 Å². The second kappa shape index (κ2) is 9.65. The molecule has 4 rings (SSSR count).